The van der Waals surface area contributed by atoms with Crippen molar-refractivity contribution in [2.24, 2.45) is 0 Å². The van der Waals surface area contributed by atoms with Gasteiger partial charge in [-0.05, 0) is 6.92 Å². The fourth-order valence-corrected chi connectivity index (χ4v) is 1.70. The lowest BCUT2D eigenvalue weighted by Crippen LogP contribution is -2.00. The second-order valence-corrected chi connectivity index (χ2v) is 3.73. The molecule has 4 nitrogen and oxygen atoms in total. The third-order valence-corrected chi connectivity index (χ3v) is 2.43. The van der Waals surface area contributed by atoms with Crippen LogP contribution in [0.15, 0.2) is 17.4 Å². The van der Waals surface area contributed by atoms with Crippen LogP contribution in [0.5, 0.6) is 0 Å². The molecule has 1 aromatic heterocycles. The van der Waals surface area contributed by atoms with Crippen molar-refractivity contribution in [2.45, 2.75) is 11.9 Å². The third-order valence-electron chi connectivity index (χ3n) is 1.54. The molecule has 1 N–H and O–H groups in total. The first-order valence-electron chi connectivity index (χ1n) is 4.54. The Morgan fingerprint density at radius 3 is 3.07 bits per heavy atom. The molecule has 0 aliphatic carbocycles. The second-order valence-electron chi connectivity index (χ2n) is 2.61. The molecule has 1 rings (SSSR count). The van der Waals surface area contributed by atoms with Crippen molar-refractivity contribution in [2.75, 3.05) is 31.3 Å². The normalized spacial score (nSPS) is 10.1. The summed E-state index contributed by atoms with van der Waals surface area (Å²) in [7, 11) is 1.70. The SMILES string of the molecule is CCNc1cc(SCCOC)ncn1. The highest BCUT2D eigenvalue weighted by molar-refractivity contribution is 7.99. The van der Waals surface area contributed by atoms with Gasteiger partial charge in [0.2, 0.25) is 0 Å². The summed E-state index contributed by atoms with van der Waals surface area (Å²) in [6.07, 6.45) is 1.58. The van der Waals surface area contributed by atoms with Crippen molar-refractivity contribution in [3.8, 4) is 0 Å². The molecule has 0 atom stereocenters. The number of hydrogen-bond acceptors (Lipinski definition) is 5. The van der Waals surface area contributed by atoms with Gasteiger partial charge in [-0.25, -0.2) is 9.97 Å². The van der Waals surface area contributed by atoms with Crippen LogP contribution in [0.1, 0.15) is 6.92 Å². The number of nitrogens with zero attached hydrogens (tertiary/aromatic N) is 2. The van der Waals surface area contributed by atoms with E-state index in [1.54, 1.807) is 25.2 Å². The van der Waals surface area contributed by atoms with E-state index < -0.39 is 0 Å². The maximum atomic E-state index is 4.96. The molecule has 0 radical (unpaired) electrons. The van der Waals surface area contributed by atoms with E-state index in [0.29, 0.717) is 0 Å². The van der Waals surface area contributed by atoms with Crippen molar-refractivity contribution in [1.82, 2.24) is 9.97 Å². The Kier molecular flexibility index (Phi) is 5.32. The van der Waals surface area contributed by atoms with Crippen LogP contribution in [0.2, 0.25) is 0 Å². The largest absolute Gasteiger partial charge is 0.384 e. The molecule has 0 saturated heterocycles. The van der Waals surface area contributed by atoms with Crippen LogP contribution in [0.25, 0.3) is 0 Å². The maximum absolute atomic E-state index is 4.96. The number of methoxy groups -OCH3 is 1. The molecule has 14 heavy (non-hydrogen) atoms. The molecule has 1 heterocycles. The predicted molar refractivity (Wildman–Crippen MR) is 58.8 cm³/mol. The zero-order valence-corrected chi connectivity index (χ0v) is 9.30. The van der Waals surface area contributed by atoms with Gasteiger partial charge in [0, 0.05) is 25.5 Å². The zero-order valence-electron chi connectivity index (χ0n) is 8.49. The van der Waals surface area contributed by atoms with Crippen LogP contribution in [-0.4, -0.2) is 36.0 Å². The quantitative estimate of drug-likeness (QED) is 0.442. The van der Waals surface area contributed by atoms with Crippen molar-refractivity contribution in [1.29, 1.82) is 0 Å². The Labute approximate surface area is 88.5 Å². The smallest absolute Gasteiger partial charge is 0.130 e. The first-order chi connectivity index (χ1) is 6.86. The molecular formula is C9H15N3OS. The highest BCUT2D eigenvalue weighted by atomic mass is 32.2. The van der Waals surface area contributed by atoms with Gasteiger partial charge in [0.05, 0.1) is 6.61 Å². The number of nitrogens with one attached hydrogen (secondary N) is 1. The first kappa shape index (κ1) is 11.3. The molecule has 78 valence electrons. The Bertz CT molecular complexity index is 270. The fraction of sp³-hybridized carbons (Fsp3) is 0.556. The van der Waals surface area contributed by atoms with Gasteiger partial charge in [-0.3, -0.25) is 0 Å². The number of rotatable bonds is 6. The number of ether oxygens (including phenoxy) is 1. The molecule has 0 unspecified atom stereocenters. The van der Waals surface area contributed by atoms with E-state index in [0.717, 1.165) is 29.7 Å². The van der Waals surface area contributed by atoms with Gasteiger partial charge in [-0.1, -0.05) is 0 Å². The van der Waals surface area contributed by atoms with Gasteiger partial charge in [0.1, 0.15) is 17.2 Å². The molecule has 0 aliphatic rings. The lowest BCUT2D eigenvalue weighted by molar-refractivity contribution is 0.218. The highest BCUT2D eigenvalue weighted by Gasteiger charge is 1.97. The summed E-state index contributed by atoms with van der Waals surface area (Å²) in [5, 5.41) is 4.12. The minimum atomic E-state index is 0.741. The lowest BCUT2D eigenvalue weighted by Gasteiger charge is -2.03. The summed E-state index contributed by atoms with van der Waals surface area (Å²) in [6.45, 7) is 3.66. The fourth-order valence-electron chi connectivity index (χ4n) is 0.926. The van der Waals surface area contributed by atoms with Crippen molar-refractivity contribution < 1.29 is 4.74 Å². The van der Waals surface area contributed by atoms with Gasteiger partial charge >= 0.3 is 0 Å². The molecule has 0 aliphatic heterocycles. The van der Waals surface area contributed by atoms with E-state index in [9.17, 15) is 0 Å². The van der Waals surface area contributed by atoms with Crippen LogP contribution < -0.4 is 5.32 Å². The monoisotopic (exact) mass is 213 g/mol. The van der Waals surface area contributed by atoms with Crippen molar-refractivity contribution in [3.05, 3.63) is 12.4 Å². The molecule has 0 saturated carbocycles. The Morgan fingerprint density at radius 2 is 2.36 bits per heavy atom. The number of thioether (sulfide) groups is 1. The molecule has 0 amide bonds. The summed E-state index contributed by atoms with van der Waals surface area (Å²) >= 11 is 1.67. The van der Waals surface area contributed by atoms with Crippen LogP contribution in [-0.2, 0) is 4.74 Å². The van der Waals surface area contributed by atoms with Gasteiger partial charge < -0.3 is 10.1 Å². The minimum Gasteiger partial charge on any atom is -0.384 e. The average Bonchev–Trinajstić information content (AvgIpc) is 2.19. The Balaban J connectivity index is 2.46. The molecule has 0 bridgehead atoms. The highest BCUT2D eigenvalue weighted by Crippen LogP contribution is 2.16. The van der Waals surface area contributed by atoms with Crippen molar-refractivity contribution in [3.63, 3.8) is 0 Å². The van der Waals surface area contributed by atoms with Gasteiger partial charge in [0.25, 0.3) is 0 Å². The van der Waals surface area contributed by atoms with Crippen LogP contribution in [0.3, 0.4) is 0 Å². The van der Waals surface area contributed by atoms with E-state index >= 15 is 0 Å². The summed E-state index contributed by atoms with van der Waals surface area (Å²) < 4.78 is 4.96. The predicted octanol–water partition coefficient (Wildman–Crippen LogP) is 1.65. The number of hydrogen-bond donors (Lipinski definition) is 1. The summed E-state index contributed by atoms with van der Waals surface area (Å²) in [6, 6.07) is 1.95. The standard InChI is InChI=1S/C9H15N3OS/c1-3-10-8-6-9(12-7-11-8)14-5-4-13-2/h6-7H,3-5H2,1-2H3,(H,10,11,12). The zero-order chi connectivity index (χ0) is 10.2. The maximum Gasteiger partial charge on any atom is 0.130 e. The van der Waals surface area contributed by atoms with Crippen LogP contribution in [0, 0.1) is 0 Å². The Morgan fingerprint density at radius 1 is 1.50 bits per heavy atom. The minimum absolute atomic E-state index is 0.741. The third kappa shape index (κ3) is 3.93. The molecule has 5 heteroatoms. The summed E-state index contributed by atoms with van der Waals surface area (Å²) in [4.78, 5) is 8.24. The lowest BCUT2D eigenvalue weighted by atomic mass is 10.5. The number of anilines is 1. The van der Waals surface area contributed by atoms with E-state index in [4.69, 9.17) is 4.74 Å². The molecule has 0 aromatic carbocycles. The first-order valence-corrected chi connectivity index (χ1v) is 5.53. The Hall–Kier alpha value is -0.810. The van der Waals surface area contributed by atoms with E-state index in [1.807, 2.05) is 13.0 Å². The van der Waals surface area contributed by atoms with Gasteiger partial charge in [0.15, 0.2) is 0 Å². The molecule has 1 aromatic rings. The van der Waals surface area contributed by atoms with E-state index in [1.165, 1.54) is 0 Å². The van der Waals surface area contributed by atoms with E-state index in [2.05, 4.69) is 15.3 Å². The topological polar surface area (TPSA) is 47.0 Å². The van der Waals surface area contributed by atoms with Crippen LogP contribution in [0.4, 0.5) is 5.82 Å². The summed E-state index contributed by atoms with van der Waals surface area (Å²) in [5.41, 5.74) is 0. The summed E-state index contributed by atoms with van der Waals surface area (Å²) in [5.74, 6) is 1.79. The van der Waals surface area contributed by atoms with Gasteiger partial charge in [-0.2, -0.15) is 0 Å². The average molecular weight is 213 g/mol. The molecule has 0 spiro atoms. The van der Waals surface area contributed by atoms with Gasteiger partial charge in [-0.15, -0.1) is 11.8 Å². The van der Waals surface area contributed by atoms with Crippen LogP contribution >= 0.6 is 11.8 Å². The molecule has 0 fully saturated rings. The molecular weight excluding hydrogens is 198 g/mol. The van der Waals surface area contributed by atoms with Crippen molar-refractivity contribution >= 4 is 17.6 Å². The number of aromatic nitrogens is 2. The second kappa shape index (κ2) is 6.62. The van der Waals surface area contributed by atoms with E-state index in [-0.39, 0.29) is 0 Å².